The number of nitrogens with one attached hydrogen (secondary N) is 1. The Morgan fingerprint density at radius 1 is 1.17 bits per heavy atom. The van der Waals surface area contributed by atoms with Gasteiger partial charge in [-0.15, -0.1) is 0 Å². The van der Waals surface area contributed by atoms with E-state index < -0.39 is 17.6 Å². The van der Waals surface area contributed by atoms with Crippen LogP contribution in [0.15, 0.2) is 48.5 Å². The molecular formula is C17H14F3N3O. The average molecular weight is 333 g/mol. The summed E-state index contributed by atoms with van der Waals surface area (Å²) < 4.78 is 39.9. The summed E-state index contributed by atoms with van der Waals surface area (Å²) in [7, 11) is 0. The number of fused-ring (bicyclic) bond motifs is 1. The second kappa shape index (κ2) is 5.99. The van der Waals surface area contributed by atoms with Crippen molar-refractivity contribution >= 4 is 22.6 Å². The number of nitrogens with zero attached hydrogens (tertiary/aromatic N) is 2. The molecule has 0 aliphatic carbocycles. The molecule has 7 heteroatoms. The second-order valence-corrected chi connectivity index (χ2v) is 5.36. The molecule has 0 saturated carbocycles. The van der Waals surface area contributed by atoms with Gasteiger partial charge in [0.25, 0.3) is 0 Å². The number of rotatable bonds is 3. The lowest BCUT2D eigenvalue weighted by molar-refractivity contribution is -0.137. The highest BCUT2D eigenvalue weighted by Crippen LogP contribution is 2.30. The number of para-hydroxylation sites is 2. The Kier molecular flexibility index (Phi) is 4.01. The summed E-state index contributed by atoms with van der Waals surface area (Å²) in [6, 6.07) is 11.9. The van der Waals surface area contributed by atoms with E-state index in [0.29, 0.717) is 5.82 Å². The van der Waals surface area contributed by atoms with Gasteiger partial charge in [-0.05, 0) is 37.3 Å². The normalized spacial score (nSPS) is 11.7. The van der Waals surface area contributed by atoms with Crippen molar-refractivity contribution in [2.75, 3.05) is 5.32 Å². The summed E-state index contributed by atoms with van der Waals surface area (Å²) in [5, 5.41) is 2.50. The first kappa shape index (κ1) is 16.0. The standard InChI is InChI=1S/C17H14F3N3O/c1-11-21-14-7-2-3-8-15(14)23(11)10-16(24)22-13-6-4-5-12(9-13)17(18,19)20/h2-9H,10H2,1H3,(H,22,24). The molecular weight excluding hydrogens is 319 g/mol. The molecule has 1 N–H and O–H groups in total. The van der Waals surface area contributed by atoms with Crippen LogP contribution < -0.4 is 5.32 Å². The Morgan fingerprint density at radius 2 is 1.92 bits per heavy atom. The Bertz CT molecular complexity index is 899. The summed E-state index contributed by atoms with van der Waals surface area (Å²) in [5.41, 5.74) is 0.873. The Morgan fingerprint density at radius 3 is 2.67 bits per heavy atom. The van der Waals surface area contributed by atoms with Crippen molar-refractivity contribution in [3.63, 3.8) is 0 Å². The number of carbonyl (C=O) groups excluding carboxylic acids is 1. The molecule has 0 saturated heterocycles. The van der Waals surface area contributed by atoms with Gasteiger partial charge < -0.3 is 9.88 Å². The monoisotopic (exact) mass is 333 g/mol. The lowest BCUT2D eigenvalue weighted by atomic mass is 10.2. The first-order chi connectivity index (χ1) is 11.3. The number of imidazole rings is 1. The highest BCUT2D eigenvalue weighted by molar-refractivity contribution is 5.91. The Hall–Kier alpha value is -2.83. The van der Waals surface area contributed by atoms with Gasteiger partial charge in [-0.3, -0.25) is 4.79 Å². The summed E-state index contributed by atoms with van der Waals surface area (Å²) >= 11 is 0. The number of anilines is 1. The maximum atomic E-state index is 12.7. The third-order valence-corrected chi connectivity index (χ3v) is 3.62. The third kappa shape index (κ3) is 3.24. The lowest BCUT2D eigenvalue weighted by Gasteiger charge is -2.11. The maximum Gasteiger partial charge on any atom is 0.416 e. The zero-order valence-electron chi connectivity index (χ0n) is 12.8. The van der Waals surface area contributed by atoms with Crippen LogP contribution in [0.5, 0.6) is 0 Å². The van der Waals surface area contributed by atoms with E-state index in [0.717, 1.165) is 23.2 Å². The van der Waals surface area contributed by atoms with Crippen LogP contribution in [0.1, 0.15) is 11.4 Å². The van der Waals surface area contributed by atoms with Gasteiger partial charge >= 0.3 is 6.18 Å². The fourth-order valence-electron chi connectivity index (χ4n) is 2.51. The van der Waals surface area contributed by atoms with Gasteiger partial charge in [0.1, 0.15) is 12.4 Å². The summed E-state index contributed by atoms with van der Waals surface area (Å²) in [5.74, 6) is 0.246. The minimum Gasteiger partial charge on any atom is -0.325 e. The maximum absolute atomic E-state index is 12.7. The van der Waals surface area contributed by atoms with Gasteiger partial charge in [0.2, 0.25) is 5.91 Å². The molecule has 1 aromatic heterocycles. The van der Waals surface area contributed by atoms with E-state index in [2.05, 4.69) is 10.3 Å². The first-order valence-corrected chi connectivity index (χ1v) is 7.23. The van der Waals surface area contributed by atoms with E-state index in [9.17, 15) is 18.0 Å². The Balaban J connectivity index is 1.80. The average Bonchev–Trinajstić information content (AvgIpc) is 2.83. The van der Waals surface area contributed by atoms with Crippen LogP contribution >= 0.6 is 0 Å². The van der Waals surface area contributed by atoms with Gasteiger partial charge in [0, 0.05) is 5.69 Å². The molecule has 0 fully saturated rings. The molecule has 0 aliphatic heterocycles. The van der Waals surface area contributed by atoms with Crippen molar-refractivity contribution in [2.45, 2.75) is 19.6 Å². The first-order valence-electron chi connectivity index (χ1n) is 7.23. The van der Waals surface area contributed by atoms with E-state index in [1.165, 1.54) is 12.1 Å². The number of benzene rings is 2. The predicted molar refractivity (Wildman–Crippen MR) is 84.5 cm³/mol. The molecule has 1 heterocycles. The third-order valence-electron chi connectivity index (χ3n) is 3.62. The summed E-state index contributed by atoms with van der Waals surface area (Å²) in [6.07, 6.45) is -4.45. The molecule has 0 spiro atoms. The van der Waals surface area contributed by atoms with Crippen LogP contribution in [0.3, 0.4) is 0 Å². The molecule has 0 radical (unpaired) electrons. The summed E-state index contributed by atoms with van der Waals surface area (Å²) in [6.45, 7) is 1.75. The van der Waals surface area contributed by atoms with Crippen LogP contribution in [0.25, 0.3) is 11.0 Å². The molecule has 124 valence electrons. The summed E-state index contributed by atoms with van der Waals surface area (Å²) in [4.78, 5) is 16.5. The number of hydrogen-bond donors (Lipinski definition) is 1. The van der Waals surface area contributed by atoms with Crippen molar-refractivity contribution in [1.82, 2.24) is 9.55 Å². The number of hydrogen-bond acceptors (Lipinski definition) is 2. The molecule has 24 heavy (non-hydrogen) atoms. The van der Waals surface area contributed by atoms with Crippen molar-refractivity contribution in [1.29, 1.82) is 0 Å². The smallest absolute Gasteiger partial charge is 0.325 e. The second-order valence-electron chi connectivity index (χ2n) is 5.36. The van der Waals surface area contributed by atoms with Gasteiger partial charge in [-0.25, -0.2) is 4.98 Å². The molecule has 0 unspecified atom stereocenters. The molecule has 1 amide bonds. The molecule has 0 atom stereocenters. The van der Waals surface area contributed by atoms with Crippen molar-refractivity contribution in [2.24, 2.45) is 0 Å². The molecule has 3 aromatic rings. The zero-order chi connectivity index (χ0) is 17.3. The van der Waals surface area contributed by atoms with Crippen LogP contribution in [-0.4, -0.2) is 15.5 Å². The fraction of sp³-hybridized carbons (Fsp3) is 0.176. The Labute approximate surface area is 135 Å². The van der Waals surface area contributed by atoms with Gasteiger partial charge in [0.15, 0.2) is 0 Å². The SMILES string of the molecule is Cc1nc2ccccc2n1CC(=O)Nc1cccc(C(F)(F)F)c1. The van der Waals surface area contributed by atoms with E-state index in [4.69, 9.17) is 0 Å². The number of alkyl halides is 3. The zero-order valence-corrected chi connectivity index (χ0v) is 12.8. The molecule has 0 aliphatic rings. The van der Waals surface area contributed by atoms with E-state index >= 15 is 0 Å². The highest BCUT2D eigenvalue weighted by Gasteiger charge is 2.30. The van der Waals surface area contributed by atoms with Crippen molar-refractivity contribution < 1.29 is 18.0 Å². The number of aromatic nitrogens is 2. The van der Waals surface area contributed by atoms with E-state index in [1.54, 1.807) is 11.5 Å². The molecule has 4 nitrogen and oxygen atoms in total. The van der Waals surface area contributed by atoms with Crippen LogP contribution in [0.2, 0.25) is 0 Å². The molecule has 0 bridgehead atoms. The van der Waals surface area contributed by atoms with Crippen LogP contribution in [0.4, 0.5) is 18.9 Å². The molecule has 3 rings (SSSR count). The lowest BCUT2D eigenvalue weighted by Crippen LogP contribution is -2.19. The number of carbonyl (C=O) groups is 1. The minimum absolute atomic E-state index is 0.0252. The number of halogens is 3. The van der Waals surface area contributed by atoms with Crippen LogP contribution in [-0.2, 0) is 17.5 Å². The van der Waals surface area contributed by atoms with E-state index in [-0.39, 0.29) is 12.2 Å². The number of aryl methyl sites for hydroxylation is 1. The van der Waals surface area contributed by atoms with Crippen molar-refractivity contribution in [3.8, 4) is 0 Å². The van der Waals surface area contributed by atoms with Crippen molar-refractivity contribution in [3.05, 3.63) is 59.9 Å². The quantitative estimate of drug-likeness (QED) is 0.787. The topological polar surface area (TPSA) is 46.9 Å². The largest absolute Gasteiger partial charge is 0.416 e. The van der Waals surface area contributed by atoms with Gasteiger partial charge in [0.05, 0.1) is 16.6 Å². The van der Waals surface area contributed by atoms with Gasteiger partial charge in [-0.1, -0.05) is 18.2 Å². The molecule has 2 aromatic carbocycles. The van der Waals surface area contributed by atoms with Crippen LogP contribution in [0, 0.1) is 6.92 Å². The number of amides is 1. The van der Waals surface area contributed by atoms with E-state index in [1.807, 2.05) is 24.3 Å². The minimum atomic E-state index is -4.45. The predicted octanol–water partition coefficient (Wildman–Crippen LogP) is 4.00. The fourth-order valence-corrected chi connectivity index (χ4v) is 2.51. The highest BCUT2D eigenvalue weighted by atomic mass is 19.4. The van der Waals surface area contributed by atoms with Gasteiger partial charge in [-0.2, -0.15) is 13.2 Å².